The topological polar surface area (TPSA) is 59.7 Å². The Hall–Kier alpha value is -2.99. The predicted octanol–water partition coefficient (Wildman–Crippen LogP) is 3.24. The Kier molecular flexibility index (Phi) is 5.45. The van der Waals surface area contributed by atoms with E-state index in [0.717, 1.165) is 34.7 Å². The van der Waals surface area contributed by atoms with Crippen LogP contribution in [0.5, 0.6) is 0 Å². The number of anilines is 1. The number of piperazine rings is 1. The van der Waals surface area contributed by atoms with Crippen LogP contribution in [0.4, 0.5) is 5.69 Å². The van der Waals surface area contributed by atoms with Gasteiger partial charge in [0, 0.05) is 50.3 Å². The molecule has 6 nitrogen and oxygen atoms in total. The minimum Gasteiger partial charge on any atom is -0.367 e. The second-order valence-corrected chi connectivity index (χ2v) is 7.64. The Balaban J connectivity index is 1.36. The van der Waals surface area contributed by atoms with Gasteiger partial charge in [-0.3, -0.25) is 9.59 Å². The number of carbonyl (C=O) groups is 2. The number of likely N-dealkylation sites (N-methyl/N-ethyl adjacent to an activating group) is 1. The van der Waals surface area contributed by atoms with Crippen LogP contribution in [0, 0.1) is 0 Å². The van der Waals surface area contributed by atoms with Crippen LogP contribution in [-0.2, 0) is 4.79 Å². The summed E-state index contributed by atoms with van der Waals surface area (Å²) in [7, 11) is 1.67. The average Bonchev–Trinajstić information content (AvgIpc) is 3.18. The normalized spacial score (nSPS) is 14.3. The zero-order valence-electron chi connectivity index (χ0n) is 16.3. The van der Waals surface area contributed by atoms with Gasteiger partial charge in [-0.25, -0.2) is 0 Å². The summed E-state index contributed by atoms with van der Waals surface area (Å²) in [5.74, 6) is -0.204. The molecule has 0 aliphatic carbocycles. The first-order chi connectivity index (χ1) is 14.0. The predicted molar refractivity (Wildman–Crippen MR) is 116 cm³/mol. The van der Waals surface area contributed by atoms with Crippen molar-refractivity contribution in [2.75, 3.05) is 44.7 Å². The van der Waals surface area contributed by atoms with Gasteiger partial charge in [-0.05, 0) is 18.2 Å². The number of halogens is 1. The number of fused-ring (bicyclic) bond motifs is 1. The molecule has 150 valence electrons. The van der Waals surface area contributed by atoms with E-state index in [0.29, 0.717) is 18.7 Å². The lowest BCUT2D eigenvalue weighted by Crippen LogP contribution is -2.51. The summed E-state index contributed by atoms with van der Waals surface area (Å²) in [6.07, 6.45) is 1.70. The van der Waals surface area contributed by atoms with Gasteiger partial charge < -0.3 is 19.7 Å². The Labute approximate surface area is 174 Å². The number of H-pyrrole nitrogens is 1. The van der Waals surface area contributed by atoms with Crippen LogP contribution in [0.25, 0.3) is 10.9 Å². The third-order valence-electron chi connectivity index (χ3n) is 5.36. The van der Waals surface area contributed by atoms with Crippen molar-refractivity contribution in [2.24, 2.45) is 0 Å². The summed E-state index contributed by atoms with van der Waals surface area (Å²) in [5.41, 5.74) is 2.48. The number of hydrogen-bond acceptors (Lipinski definition) is 3. The molecule has 29 heavy (non-hydrogen) atoms. The van der Waals surface area contributed by atoms with Crippen molar-refractivity contribution in [3.63, 3.8) is 0 Å². The largest absolute Gasteiger partial charge is 0.367 e. The molecule has 4 rings (SSSR count). The minimum absolute atomic E-state index is 0.0421. The Morgan fingerprint density at radius 3 is 2.48 bits per heavy atom. The molecule has 0 radical (unpaired) electrons. The molecule has 1 fully saturated rings. The highest BCUT2D eigenvalue weighted by molar-refractivity contribution is 6.33. The molecule has 2 heterocycles. The molecule has 2 aromatic carbocycles. The van der Waals surface area contributed by atoms with Crippen LogP contribution in [0.15, 0.2) is 54.7 Å². The second kappa shape index (κ2) is 8.17. The number of rotatable bonds is 4. The lowest BCUT2D eigenvalue weighted by Gasteiger charge is -2.37. The standard InChI is InChI=1S/C22H23ClN4O2/c1-25(22(29)17-14-24-19-8-4-2-6-16(17)19)15-21(28)27-12-10-26(11-13-27)20-9-5-3-7-18(20)23/h2-9,14,24H,10-13,15H2,1H3. The summed E-state index contributed by atoms with van der Waals surface area (Å²) in [4.78, 5) is 34.2. The number of aromatic nitrogens is 1. The van der Waals surface area contributed by atoms with E-state index in [1.807, 2.05) is 53.4 Å². The maximum absolute atomic E-state index is 12.8. The summed E-state index contributed by atoms with van der Waals surface area (Å²) < 4.78 is 0. The zero-order valence-corrected chi connectivity index (χ0v) is 17.0. The van der Waals surface area contributed by atoms with Crippen LogP contribution in [0.2, 0.25) is 5.02 Å². The van der Waals surface area contributed by atoms with Crippen molar-refractivity contribution in [1.82, 2.24) is 14.8 Å². The number of hydrogen-bond donors (Lipinski definition) is 1. The molecule has 1 aliphatic heterocycles. The number of para-hydroxylation sites is 2. The first-order valence-corrected chi connectivity index (χ1v) is 10.0. The summed E-state index contributed by atoms with van der Waals surface area (Å²) >= 11 is 6.28. The Morgan fingerprint density at radius 1 is 1.03 bits per heavy atom. The summed E-state index contributed by atoms with van der Waals surface area (Å²) in [6.45, 7) is 2.72. The second-order valence-electron chi connectivity index (χ2n) is 7.23. The molecule has 3 aromatic rings. The summed E-state index contributed by atoms with van der Waals surface area (Å²) in [6, 6.07) is 15.4. The SMILES string of the molecule is CN(CC(=O)N1CCN(c2ccccc2Cl)CC1)C(=O)c1c[nH]c2ccccc12. The highest BCUT2D eigenvalue weighted by atomic mass is 35.5. The number of nitrogens with one attached hydrogen (secondary N) is 1. The quantitative estimate of drug-likeness (QED) is 0.718. The van der Waals surface area contributed by atoms with Gasteiger partial charge in [0.2, 0.25) is 5.91 Å². The van der Waals surface area contributed by atoms with E-state index in [1.165, 1.54) is 4.90 Å². The van der Waals surface area contributed by atoms with E-state index in [2.05, 4.69) is 9.88 Å². The maximum atomic E-state index is 12.8. The number of aromatic amines is 1. The van der Waals surface area contributed by atoms with Gasteiger partial charge >= 0.3 is 0 Å². The van der Waals surface area contributed by atoms with Gasteiger partial charge in [-0.2, -0.15) is 0 Å². The maximum Gasteiger partial charge on any atom is 0.256 e. The van der Waals surface area contributed by atoms with Gasteiger partial charge in [0.25, 0.3) is 5.91 Å². The van der Waals surface area contributed by atoms with E-state index in [9.17, 15) is 9.59 Å². The third kappa shape index (κ3) is 3.93. The van der Waals surface area contributed by atoms with Gasteiger partial charge in [0.1, 0.15) is 0 Å². The molecule has 0 unspecified atom stereocenters. The summed E-state index contributed by atoms with van der Waals surface area (Å²) in [5, 5.41) is 1.58. The van der Waals surface area contributed by atoms with Crippen LogP contribution in [0.1, 0.15) is 10.4 Å². The first kappa shape index (κ1) is 19.3. The van der Waals surface area contributed by atoms with Gasteiger partial charge in [-0.15, -0.1) is 0 Å². The fraction of sp³-hybridized carbons (Fsp3) is 0.273. The molecule has 0 atom stereocenters. The fourth-order valence-electron chi connectivity index (χ4n) is 3.73. The fourth-order valence-corrected chi connectivity index (χ4v) is 3.99. The number of nitrogens with zero attached hydrogens (tertiary/aromatic N) is 3. The molecule has 7 heteroatoms. The molecule has 0 saturated carbocycles. The number of amides is 2. The molecule has 1 aromatic heterocycles. The molecule has 1 N–H and O–H groups in total. The van der Waals surface area contributed by atoms with Crippen molar-refractivity contribution in [3.05, 3.63) is 65.3 Å². The van der Waals surface area contributed by atoms with Crippen molar-refractivity contribution < 1.29 is 9.59 Å². The van der Waals surface area contributed by atoms with Crippen LogP contribution in [0.3, 0.4) is 0 Å². The van der Waals surface area contributed by atoms with E-state index >= 15 is 0 Å². The Morgan fingerprint density at radius 2 is 1.72 bits per heavy atom. The van der Waals surface area contributed by atoms with Crippen molar-refractivity contribution in [1.29, 1.82) is 0 Å². The first-order valence-electron chi connectivity index (χ1n) is 9.63. The smallest absolute Gasteiger partial charge is 0.256 e. The van der Waals surface area contributed by atoms with Crippen LogP contribution in [-0.4, -0.2) is 66.4 Å². The molecule has 0 bridgehead atoms. The van der Waals surface area contributed by atoms with Crippen molar-refractivity contribution >= 4 is 40.0 Å². The Bertz CT molecular complexity index is 1040. The van der Waals surface area contributed by atoms with Gasteiger partial charge in [0.05, 0.1) is 22.8 Å². The molecule has 1 saturated heterocycles. The van der Waals surface area contributed by atoms with E-state index in [4.69, 9.17) is 11.6 Å². The molecular weight excluding hydrogens is 388 g/mol. The van der Waals surface area contributed by atoms with Crippen LogP contribution >= 0.6 is 11.6 Å². The van der Waals surface area contributed by atoms with Gasteiger partial charge in [-0.1, -0.05) is 41.9 Å². The molecule has 0 spiro atoms. The van der Waals surface area contributed by atoms with E-state index in [1.54, 1.807) is 13.2 Å². The van der Waals surface area contributed by atoms with Crippen molar-refractivity contribution in [2.45, 2.75) is 0 Å². The zero-order chi connectivity index (χ0) is 20.4. The van der Waals surface area contributed by atoms with Crippen molar-refractivity contribution in [3.8, 4) is 0 Å². The van der Waals surface area contributed by atoms with Gasteiger partial charge in [0.15, 0.2) is 0 Å². The molecule has 2 amide bonds. The highest BCUT2D eigenvalue weighted by Gasteiger charge is 2.25. The molecular formula is C22H23ClN4O2. The third-order valence-corrected chi connectivity index (χ3v) is 5.68. The highest BCUT2D eigenvalue weighted by Crippen LogP contribution is 2.26. The minimum atomic E-state index is -0.162. The lowest BCUT2D eigenvalue weighted by atomic mass is 10.1. The monoisotopic (exact) mass is 410 g/mol. The van der Waals surface area contributed by atoms with E-state index in [-0.39, 0.29) is 18.4 Å². The lowest BCUT2D eigenvalue weighted by molar-refractivity contribution is -0.131. The number of carbonyl (C=O) groups excluding carboxylic acids is 2. The number of benzene rings is 2. The average molecular weight is 411 g/mol. The van der Waals surface area contributed by atoms with Crippen LogP contribution < -0.4 is 4.90 Å². The van der Waals surface area contributed by atoms with E-state index < -0.39 is 0 Å². The molecule has 1 aliphatic rings.